The molecule has 1 heterocycles. The molecule has 0 aromatic carbocycles. The summed E-state index contributed by atoms with van der Waals surface area (Å²) in [6.45, 7) is 6.59. The molecule has 1 rings (SSSR count). The highest BCUT2D eigenvalue weighted by Gasteiger charge is 2.26. The van der Waals surface area contributed by atoms with E-state index in [4.69, 9.17) is 10.5 Å². The maximum Gasteiger partial charge on any atom is 0.244 e. The second-order valence-electron chi connectivity index (χ2n) is 4.62. The normalized spacial score (nSPS) is 12.6. The molecule has 0 saturated carbocycles. The van der Waals surface area contributed by atoms with Crippen LogP contribution in [0, 0.1) is 6.92 Å². The van der Waals surface area contributed by atoms with Crippen LogP contribution in [0.5, 0.6) is 0 Å². The molecule has 0 amide bonds. The van der Waals surface area contributed by atoms with Crippen molar-refractivity contribution < 1.29 is 13.2 Å². The molecule has 0 spiro atoms. The van der Waals surface area contributed by atoms with Gasteiger partial charge >= 0.3 is 0 Å². The quantitative estimate of drug-likeness (QED) is 0.830. The van der Waals surface area contributed by atoms with E-state index in [2.05, 4.69) is 0 Å². The van der Waals surface area contributed by atoms with Crippen molar-refractivity contribution in [3.05, 3.63) is 15.8 Å². The lowest BCUT2D eigenvalue weighted by molar-refractivity contribution is 0.0737. The van der Waals surface area contributed by atoms with Gasteiger partial charge in [0, 0.05) is 25.0 Å². The van der Waals surface area contributed by atoms with E-state index in [-0.39, 0.29) is 12.6 Å². The van der Waals surface area contributed by atoms with Gasteiger partial charge in [-0.25, -0.2) is 8.42 Å². The Kier molecular flexibility index (Phi) is 5.94. The molecule has 110 valence electrons. The zero-order chi connectivity index (χ0) is 14.6. The van der Waals surface area contributed by atoms with Gasteiger partial charge in [-0.3, -0.25) is 0 Å². The van der Waals surface area contributed by atoms with E-state index < -0.39 is 10.0 Å². The largest absolute Gasteiger partial charge is 0.377 e. The maximum atomic E-state index is 12.5. The maximum absolute atomic E-state index is 12.5. The van der Waals surface area contributed by atoms with Gasteiger partial charge in [-0.05, 0) is 31.7 Å². The Morgan fingerprint density at radius 1 is 1.47 bits per heavy atom. The van der Waals surface area contributed by atoms with Gasteiger partial charge in [0.1, 0.15) is 4.90 Å². The number of hydrogen-bond donors (Lipinski definition) is 1. The molecule has 0 unspecified atom stereocenters. The van der Waals surface area contributed by atoms with Gasteiger partial charge in [0.2, 0.25) is 10.0 Å². The van der Waals surface area contributed by atoms with Crippen molar-refractivity contribution in [2.45, 2.75) is 38.3 Å². The zero-order valence-electron chi connectivity index (χ0n) is 11.8. The molecular formula is C12H22N2O3S2. The lowest BCUT2D eigenvalue weighted by Gasteiger charge is -2.19. The minimum atomic E-state index is -3.48. The fourth-order valence-corrected chi connectivity index (χ4v) is 4.47. The predicted molar refractivity (Wildman–Crippen MR) is 77.9 cm³/mol. The number of nitrogens with two attached hydrogens (primary N) is 1. The smallest absolute Gasteiger partial charge is 0.244 e. The molecule has 0 saturated heterocycles. The predicted octanol–water partition coefficient (Wildman–Crippen LogP) is 1.56. The third kappa shape index (κ3) is 4.00. The van der Waals surface area contributed by atoms with Crippen molar-refractivity contribution in [1.29, 1.82) is 0 Å². The van der Waals surface area contributed by atoms with E-state index >= 15 is 0 Å². The highest BCUT2D eigenvalue weighted by molar-refractivity contribution is 7.89. The fourth-order valence-electron chi connectivity index (χ4n) is 1.67. The number of thiophene rings is 1. The number of nitrogens with zero attached hydrogens (tertiary/aromatic N) is 1. The van der Waals surface area contributed by atoms with Gasteiger partial charge in [-0.1, -0.05) is 0 Å². The van der Waals surface area contributed by atoms with Gasteiger partial charge in [-0.2, -0.15) is 4.31 Å². The van der Waals surface area contributed by atoms with Crippen LogP contribution < -0.4 is 5.73 Å². The van der Waals surface area contributed by atoms with Crippen LogP contribution >= 0.6 is 11.3 Å². The average Bonchev–Trinajstić information content (AvgIpc) is 2.70. The minimum Gasteiger partial charge on any atom is -0.377 e. The third-order valence-corrected chi connectivity index (χ3v) is 6.04. The number of aryl methyl sites for hydroxylation is 1. The van der Waals surface area contributed by atoms with Crippen LogP contribution in [-0.4, -0.2) is 39.0 Å². The molecule has 2 N–H and O–H groups in total. The first-order chi connectivity index (χ1) is 8.80. The second kappa shape index (κ2) is 6.81. The van der Waals surface area contributed by atoms with E-state index in [1.807, 2.05) is 19.2 Å². The van der Waals surface area contributed by atoms with Crippen molar-refractivity contribution in [2.75, 3.05) is 20.2 Å². The molecule has 1 aromatic heterocycles. The Morgan fingerprint density at radius 3 is 2.63 bits per heavy atom. The molecule has 0 fully saturated rings. The number of ether oxygens (including phenoxy) is 1. The highest BCUT2D eigenvalue weighted by Crippen LogP contribution is 2.28. The standard InChI is InChI=1S/C12H22N2O3S2/c1-9(2)17-6-5-14(4)19(15,16)12-10(3)8-18-11(12)7-13/h8-9H,5-7,13H2,1-4H3. The third-order valence-electron chi connectivity index (χ3n) is 2.70. The SMILES string of the molecule is Cc1csc(CN)c1S(=O)(=O)N(C)CCOC(C)C. The van der Waals surface area contributed by atoms with Gasteiger partial charge in [0.05, 0.1) is 12.7 Å². The van der Waals surface area contributed by atoms with Crippen molar-refractivity contribution in [1.82, 2.24) is 4.31 Å². The van der Waals surface area contributed by atoms with E-state index in [1.54, 1.807) is 14.0 Å². The zero-order valence-corrected chi connectivity index (χ0v) is 13.5. The van der Waals surface area contributed by atoms with Crippen LogP contribution in [0.3, 0.4) is 0 Å². The first-order valence-corrected chi connectivity index (χ1v) is 8.47. The van der Waals surface area contributed by atoms with Crippen molar-refractivity contribution in [3.8, 4) is 0 Å². The molecule has 0 aliphatic heterocycles. The molecule has 0 aliphatic carbocycles. The Bertz CT molecular complexity index is 509. The molecule has 5 nitrogen and oxygen atoms in total. The lowest BCUT2D eigenvalue weighted by atomic mass is 10.3. The van der Waals surface area contributed by atoms with Gasteiger partial charge in [0.25, 0.3) is 0 Å². The molecule has 0 bridgehead atoms. The Morgan fingerprint density at radius 2 is 2.11 bits per heavy atom. The Hall–Kier alpha value is -0.470. The number of rotatable bonds is 7. The summed E-state index contributed by atoms with van der Waals surface area (Å²) in [6.07, 6.45) is 0.0959. The summed E-state index contributed by atoms with van der Waals surface area (Å²) in [5, 5.41) is 1.83. The first-order valence-electron chi connectivity index (χ1n) is 6.15. The molecule has 7 heteroatoms. The van der Waals surface area contributed by atoms with Crippen LogP contribution in [0.1, 0.15) is 24.3 Å². The summed E-state index contributed by atoms with van der Waals surface area (Å²) in [4.78, 5) is 1.06. The first kappa shape index (κ1) is 16.6. The van der Waals surface area contributed by atoms with Crippen molar-refractivity contribution >= 4 is 21.4 Å². The number of hydrogen-bond acceptors (Lipinski definition) is 5. The number of likely N-dealkylation sites (N-methyl/N-ethyl adjacent to an activating group) is 1. The molecular weight excluding hydrogens is 284 g/mol. The van der Waals surface area contributed by atoms with E-state index in [9.17, 15) is 8.42 Å². The second-order valence-corrected chi connectivity index (χ2v) is 7.57. The molecule has 19 heavy (non-hydrogen) atoms. The molecule has 1 aromatic rings. The van der Waals surface area contributed by atoms with E-state index in [0.717, 1.165) is 5.56 Å². The monoisotopic (exact) mass is 306 g/mol. The minimum absolute atomic E-state index is 0.0959. The van der Waals surface area contributed by atoms with Crippen LogP contribution in [0.25, 0.3) is 0 Å². The van der Waals surface area contributed by atoms with Crippen LogP contribution in [-0.2, 0) is 21.3 Å². The Balaban J connectivity index is 2.87. The molecule has 0 aliphatic rings. The van der Waals surface area contributed by atoms with Gasteiger partial charge in [-0.15, -0.1) is 11.3 Å². The lowest BCUT2D eigenvalue weighted by Crippen LogP contribution is -2.31. The summed E-state index contributed by atoms with van der Waals surface area (Å²) < 4.78 is 31.7. The van der Waals surface area contributed by atoms with E-state index in [1.165, 1.54) is 15.6 Å². The van der Waals surface area contributed by atoms with Crippen LogP contribution in [0.2, 0.25) is 0 Å². The summed E-state index contributed by atoms with van der Waals surface area (Å²) in [7, 11) is -1.92. The highest BCUT2D eigenvalue weighted by atomic mass is 32.2. The summed E-state index contributed by atoms with van der Waals surface area (Å²) in [6, 6.07) is 0. The van der Waals surface area contributed by atoms with Crippen LogP contribution in [0.15, 0.2) is 10.3 Å². The fraction of sp³-hybridized carbons (Fsp3) is 0.667. The summed E-state index contributed by atoms with van der Waals surface area (Å²) >= 11 is 1.39. The molecule has 0 radical (unpaired) electrons. The van der Waals surface area contributed by atoms with Crippen LogP contribution in [0.4, 0.5) is 0 Å². The van der Waals surface area contributed by atoms with E-state index in [0.29, 0.717) is 22.9 Å². The van der Waals surface area contributed by atoms with Gasteiger partial charge < -0.3 is 10.5 Å². The topological polar surface area (TPSA) is 72.6 Å². The Labute approximate surface area is 119 Å². The van der Waals surface area contributed by atoms with Crippen molar-refractivity contribution in [2.24, 2.45) is 5.73 Å². The van der Waals surface area contributed by atoms with Crippen molar-refractivity contribution in [3.63, 3.8) is 0 Å². The van der Waals surface area contributed by atoms with Gasteiger partial charge in [0.15, 0.2) is 0 Å². The average molecular weight is 306 g/mol. The summed E-state index contributed by atoms with van der Waals surface area (Å²) in [5.74, 6) is 0. The number of sulfonamides is 1. The molecule has 0 atom stereocenters. The summed E-state index contributed by atoms with van der Waals surface area (Å²) in [5.41, 5.74) is 6.36.